The summed E-state index contributed by atoms with van der Waals surface area (Å²) in [6, 6.07) is 6.01. The van der Waals surface area contributed by atoms with Crippen LogP contribution in [0, 0.1) is 0 Å². The van der Waals surface area contributed by atoms with Gasteiger partial charge in [0.1, 0.15) is 0 Å². The predicted octanol–water partition coefficient (Wildman–Crippen LogP) is 0.940. The van der Waals surface area contributed by atoms with Gasteiger partial charge in [-0.15, -0.1) is 0 Å². The first-order valence-electron chi connectivity index (χ1n) is 4.41. The van der Waals surface area contributed by atoms with Gasteiger partial charge in [0.2, 0.25) is 0 Å². The van der Waals surface area contributed by atoms with Crippen LogP contribution in [0.4, 0.5) is 0 Å². The van der Waals surface area contributed by atoms with Crippen LogP contribution in [0.2, 0.25) is 24.2 Å². The highest BCUT2D eigenvalue weighted by molar-refractivity contribution is 6.75. The molecule has 1 aliphatic carbocycles. The standard InChI is InChI=1S/C8H8Si4/c1-2-10-6-5(9-1)7-8(6)12-4-3-11-7/h1-4H2. The maximum Gasteiger partial charge on any atom is 0.0801 e. The lowest BCUT2D eigenvalue weighted by molar-refractivity contribution is 1.30. The Bertz CT molecular complexity index is 220. The second kappa shape index (κ2) is 2.93. The molecule has 4 heteroatoms. The third-order valence-electron chi connectivity index (χ3n) is 2.46. The summed E-state index contributed by atoms with van der Waals surface area (Å²) in [4.78, 5) is 0. The highest BCUT2D eigenvalue weighted by Gasteiger charge is 2.32. The molecule has 0 fully saturated rings. The lowest BCUT2D eigenvalue weighted by Crippen LogP contribution is -2.32. The van der Waals surface area contributed by atoms with E-state index in [2.05, 4.69) is 0 Å². The van der Waals surface area contributed by atoms with E-state index >= 15 is 0 Å². The number of hydrogen-bond acceptors (Lipinski definition) is 0. The van der Waals surface area contributed by atoms with E-state index in [9.17, 15) is 0 Å². The first kappa shape index (κ1) is 7.72. The van der Waals surface area contributed by atoms with Crippen LogP contribution < -0.4 is 0 Å². The summed E-state index contributed by atoms with van der Waals surface area (Å²) in [7, 11) is 4.77. The van der Waals surface area contributed by atoms with Gasteiger partial charge in [-0.3, -0.25) is 0 Å². The maximum atomic E-state index is 1.86. The molecule has 0 unspecified atom stereocenters. The predicted molar refractivity (Wildman–Crippen MR) is 56.3 cm³/mol. The minimum absolute atomic E-state index is 1.19. The molecule has 2 heterocycles. The quantitative estimate of drug-likeness (QED) is 0.529. The molecule has 2 aliphatic heterocycles. The summed E-state index contributed by atoms with van der Waals surface area (Å²) in [5.41, 5.74) is 0. The smallest absolute Gasteiger partial charge is 0.0670 e. The van der Waals surface area contributed by atoms with Crippen molar-refractivity contribution >= 4 is 38.1 Å². The molecule has 0 spiro atoms. The first-order valence-corrected chi connectivity index (χ1v) is 9.24. The van der Waals surface area contributed by atoms with Crippen LogP contribution in [-0.4, -0.2) is 38.1 Å². The Hall–Kier alpha value is 0.348. The van der Waals surface area contributed by atoms with Gasteiger partial charge in [0, 0.05) is 0 Å². The highest BCUT2D eigenvalue weighted by atomic mass is 28.2. The Morgan fingerprint density at radius 3 is 1.00 bits per heavy atom. The van der Waals surface area contributed by atoms with Crippen molar-refractivity contribution in [3.8, 4) is 0 Å². The zero-order valence-corrected chi connectivity index (χ0v) is 10.8. The van der Waals surface area contributed by atoms with E-state index in [0.29, 0.717) is 0 Å². The van der Waals surface area contributed by atoms with Gasteiger partial charge < -0.3 is 0 Å². The van der Waals surface area contributed by atoms with Crippen LogP contribution in [0.5, 0.6) is 0 Å². The molecule has 0 amide bonds. The van der Waals surface area contributed by atoms with E-state index in [4.69, 9.17) is 0 Å². The van der Waals surface area contributed by atoms with Crippen LogP contribution in [0.15, 0.2) is 20.8 Å². The molecular weight excluding hydrogens is 208 g/mol. The average Bonchev–Trinajstić information content (AvgIpc) is 2.14. The Kier molecular flexibility index (Phi) is 1.89. The Balaban J connectivity index is 1.91. The average molecular weight is 216 g/mol. The van der Waals surface area contributed by atoms with Crippen LogP contribution >= 0.6 is 0 Å². The van der Waals surface area contributed by atoms with Crippen LogP contribution in [0.1, 0.15) is 0 Å². The largest absolute Gasteiger partial charge is 0.0801 e. The molecule has 0 atom stereocenters. The summed E-state index contributed by atoms with van der Waals surface area (Å²) in [6.07, 6.45) is 0. The molecule has 0 N–H and O–H groups in total. The van der Waals surface area contributed by atoms with Gasteiger partial charge in [0.15, 0.2) is 0 Å². The zero-order chi connectivity index (χ0) is 7.97. The molecule has 0 nitrogen and oxygen atoms in total. The first-order chi connectivity index (χ1) is 5.97. The van der Waals surface area contributed by atoms with Crippen molar-refractivity contribution in [1.29, 1.82) is 0 Å². The van der Waals surface area contributed by atoms with E-state index in [1.54, 1.807) is 0 Å². The Morgan fingerprint density at radius 1 is 0.500 bits per heavy atom. The van der Waals surface area contributed by atoms with Crippen molar-refractivity contribution in [2.24, 2.45) is 0 Å². The number of rotatable bonds is 0. The van der Waals surface area contributed by atoms with Gasteiger partial charge in [0.25, 0.3) is 0 Å². The number of fused-ring (bicyclic) bond motifs is 2. The minimum atomic E-state index is 1.19. The van der Waals surface area contributed by atoms with Crippen molar-refractivity contribution in [3.05, 3.63) is 20.8 Å². The third-order valence-corrected chi connectivity index (χ3v) is 9.87. The minimum Gasteiger partial charge on any atom is -0.0670 e. The van der Waals surface area contributed by atoms with E-state index in [0.717, 1.165) is 0 Å². The molecule has 3 aliphatic rings. The van der Waals surface area contributed by atoms with Crippen LogP contribution in [0.3, 0.4) is 0 Å². The Morgan fingerprint density at radius 2 is 0.750 bits per heavy atom. The van der Waals surface area contributed by atoms with E-state index in [1.165, 1.54) is 62.3 Å². The van der Waals surface area contributed by atoms with Crippen molar-refractivity contribution in [2.45, 2.75) is 24.2 Å². The fourth-order valence-electron chi connectivity index (χ4n) is 1.89. The fourth-order valence-corrected chi connectivity index (χ4v) is 9.93. The molecule has 0 aromatic heterocycles. The maximum absolute atomic E-state index is 1.86. The normalized spacial score (nSPS) is 28.0. The van der Waals surface area contributed by atoms with E-state index < -0.39 is 0 Å². The van der Waals surface area contributed by atoms with Crippen LogP contribution in [0.25, 0.3) is 0 Å². The van der Waals surface area contributed by atoms with Gasteiger partial charge in [-0.2, -0.15) is 0 Å². The molecular formula is C8H8Si4. The SMILES string of the molecule is C1C[Si]C2=C([Si]1)C1=C2[Si]CC[Si]1. The molecule has 0 saturated carbocycles. The monoisotopic (exact) mass is 216 g/mol. The van der Waals surface area contributed by atoms with Crippen molar-refractivity contribution in [1.82, 2.24) is 0 Å². The molecule has 3 rings (SSSR count). The van der Waals surface area contributed by atoms with Gasteiger partial charge in [-0.25, -0.2) is 0 Å². The highest BCUT2D eigenvalue weighted by Crippen LogP contribution is 2.39. The second-order valence-corrected chi connectivity index (χ2v) is 8.62. The summed E-state index contributed by atoms with van der Waals surface area (Å²) in [6.45, 7) is 0. The third kappa shape index (κ3) is 0.982. The van der Waals surface area contributed by atoms with Gasteiger partial charge in [-0.05, 0) is 0 Å². The summed E-state index contributed by atoms with van der Waals surface area (Å²) in [5.74, 6) is 0. The zero-order valence-electron chi connectivity index (χ0n) is 6.83. The second-order valence-electron chi connectivity index (χ2n) is 3.21. The fraction of sp³-hybridized carbons (Fsp3) is 0.500. The molecule has 12 heavy (non-hydrogen) atoms. The molecule has 8 radical (unpaired) electrons. The van der Waals surface area contributed by atoms with E-state index in [-0.39, 0.29) is 0 Å². The number of hydrogen-bond donors (Lipinski definition) is 0. The number of allylic oxidation sites excluding steroid dienone is 4. The van der Waals surface area contributed by atoms with E-state index in [1.807, 2.05) is 20.8 Å². The lowest BCUT2D eigenvalue weighted by Gasteiger charge is -2.37. The summed E-state index contributed by atoms with van der Waals surface area (Å²) < 4.78 is 0. The molecule has 56 valence electrons. The Labute approximate surface area is 83.2 Å². The summed E-state index contributed by atoms with van der Waals surface area (Å²) >= 11 is 0. The molecule has 0 aromatic carbocycles. The van der Waals surface area contributed by atoms with Crippen molar-refractivity contribution in [2.75, 3.05) is 0 Å². The lowest BCUT2D eigenvalue weighted by atomic mass is 10.2. The van der Waals surface area contributed by atoms with Gasteiger partial charge >= 0.3 is 0 Å². The molecule has 0 aromatic rings. The van der Waals surface area contributed by atoms with Crippen LogP contribution in [-0.2, 0) is 0 Å². The summed E-state index contributed by atoms with van der Waals surface area (Å²) in [5, 5.41) is 7.44. The van der Waals surface area contributed by atoms with Gasteiger partial charge in [0.05, 0.1) is 38.1 Å². The topological polar surface area (TPSA) is 0 Å². The molecule has 0 bridgehead atoms. The van der Waals surface area contributed by atoms with Crippen molar-refractivity contribution < 1.29 is 0 Å². The van der Waals surface area contributed by atoms with Gasteiger partial charge in [-0.1, -0.05) is 45.0 Å². The van der Waals surface area contributed by atoms with Crippen molar-refractivity contribution in [3.63, 3.8) is 0 Å². The molecule has 0 saturated heterocycles.